The molecule has 6 nitrogen and oxygen atoms in total. The number of nitrogens with zero attached hydrogens (tertiary/aromatic N) is 3. The lowest BCUT2D eigenvalue weighted by Gasteiger charge is -2.16. The number of hydrogen-bond acceptors (Lipinski definition) is 4. The first-order valence-electron chi connectivity index (χ1n) is 9.87. The fourth-order valence-electron chi connectivity index (χ4n) is 2.96. The first-order chi connectivity index (χ1) is 14.5. The summed E-state index contributed by atoms with van der Waals surface area (Å²) in [6.07, 6.45) is 0.912. The predicted molar refractivity (Wildman–Crippen MR) is 128 cm³/mol. The van der Waals surface area contributed by atoms with E-state index in [4.69, 9.17) is 12.2 Å². The fraction of sp³-hybridized carbons (Fsp3) is 0.217. The maximum Gasteiger partial charge on any atom is 0.229 e. The number of aliphatic imine (C=N–C) groups is 1. The molecule has 0 saturated heterocycles. The van der Waals surface area contributed by atoms with E-state index in [0.717, 1.165) is 29.1 Å². The summed E-state index contributed by atoms with van der Waals surface area (Å²) in [5, 5.41) is 10.0. The molecule has 0 aliphatic heterocycles. The largest absolute Gasteiger partial charge is 0.332 e. The molecular weight excluding hydrogens is 392 g/mol. The molecule has 7 heteroatoms. The lowest BCUT2D eigenvalue weighted by molar-refractivity contribution is 1.03. The number of anilines is 2. The third-order valence-corrected chi connectivity index (χ3v) is 4.56. The van der Waals surface area contributed by atoms with Gasteiger partial charge in [-0.05, 0) is 55.7 Å². The van der Waals surface area contributed by atoms with Gasteiger partial charge in [-0.25, -0.2) is 15.0 Å². The Kier molecular flexibility index (Phi) is 7.45. The van der Waals surface area contributed by atoms with Crippen LogP contribution >= 0.6 is 12.2 Å². The minimum absolute atomic E-state index is 0.444. The van der Waals surface area contributed by atoms with Gasteiger partial charge in [-0.2, -0.15) is 0 Å². The van der Waals surface area contributed by atoms with Gasteiger partial charge in [0.05, 0.1) is 6.54 Å². The van der Waals surface area contributed by atoms with Crippen LogP contribution in [0.15, 0.2) is 65.7 Å². The molecule has 0 aliphatic rings. The van der Waals surface area contributed by atoms with Gasteiger partial charge in [-0.3, -0.25) is 5.32 Å². The molecule has 0 radical (unpaired) electrons. The van der Waals surface area contributed by atoms with Gasteiger partial charge in [0.15, 0.2) is 5.11 Å². The fourth-order valence-corrected chi connectivity index (χ4v) is 3.17. The van der Waals surface area contributed by atoms with Gasteiger partial charge in [-0.1, -0.05) is 55.5 Å². The van der Waals surface area contributed by atoms with Crippen molar-refractivity contribution >= 4 is 34.9 Å². The number of thiocarbonyl (C=S) groups is 1. The Hall–Kier alpha value is -3.32. The van der Waals surface area contributed by atoms with Crippen molar-refractivity contribution in [3.8, 4) is 0 Å². The van der Waals surface area contributed by atoms with Crippen molar-refractivity contribution in [1.82, 2.24) is 15.3 Å². The van der Waals surface area contributed by atoms with E-state index < -0.39 is 0 Å². The highest BCUT2D eigenvalue weighted by Gasteiger charge is 2.08. The molecule has 0 unspecified atom stereocenters. The first-order valence-corrected chi connectivity index (χ1v) is 10.3. The van der Waals surface area contributed by atoms with Gasteiger partial charge in [0, 0.05) is 17.1 Å². The maximum absolute atomic E-state index is 5.53. The Bertz CT molecular complexity index is 1010. The van der Waals surface area contributed by atoms with Crippen molar-refractivity contribution in [2.45, 2.75) is 33.7 Å². The molecule has 0 spiro atoms. The van der Waals surface area contributed by atoms with E-state index in [1.54, 1.807) is 0 Å². The molecule has 1 aromatic heterocycles. The van der Waals surface area contributed by atoms with Crippen molar-refractivity contribution in [3.05, 3.63) is 83.2 Å². The topological polar surface area (TPSA) is 74.2 Å². The highest BCUT2D eigenvalue weighted by atomic mass is 32.1. The van der Waals surface area contributed by atoms with Crippen molar-refractivity contribution in [1.29, 1.82) is 0 Å². The van der Waals surface area contributed by atoms with E-state index in [1.165, 1.54) is 5.56 Å². The van der Waals surface area contributed by atoms with Crippen LogP contribution in [0.2, 0.25) is 0 Å². The number of aromatic nitrogens is 2. The number of hydrogen-bond donors (Lipinski definition) is 3. The second kappa shape index (κ2) is 10.5. The van der Waals surface area contributed by atoms with E-state index >= 15 is 0 Å². The Morgan fingerprint density at radius 2 is 1.60 bits per heavy atom. The molecule has 154 valence electrons. The zero-order chi connectivity index (χ0) is 21.3. The average molecular weight is 419 g/mol. The van der Waals surface area contributed by atoms with Gasteiger partial charge in [0.2, 0.25) is 11.9 Å². The summed E-state index contributed by atoms with van der Waals surface area (Å²) in [6.45, 7) is 6.47. The molecule has 2 aromatic carbocycles. The van der Waals surface area contributed by atoms with Crippen LogP contribution in [0, 0.1) is 13.8 Å². The summed E-state index contributed by atoms with van der Waals surface area (Å²) in [4.78, 5) is 13.5. The molecule has 0 bridgehead atoms. The third-order valence-electron chi connectivity index (χ3n) is 4.35. The molecule has 1 heterocycles. The number of guanidine groups is 1. The van der Waals surface area contributed by atoms with Gasteiger partial charge >= 0.3 is 0 Å². The number of nitrogens with one attached hydrogen (secondary N) is 3. The summed E-state index contributed by atoms with van der Waals surface area (Å²) in [5.74, 6) is 0.957. The Morgan fingerprint density at radius 3 is 2.30 bits per heavy atom. The Morgan fingerprint density at radius 1 is 0.933 bits per heavy atom. The van der Waals surface area contributed by atoms with E-state index in [0.29, 0.717) is 23.6 Å². The van der Waals surface area contributed by atoms with E-state index in [9.17, 15) is 0 Å². The van der Waals surface area contributed by atoms with Gasteiger partial charge in [0.1, 0.15) is 0 Å². The molecule has 0 saturated carbocycles. The van der Waals surface area contributed by atoms with Crippen molar-refractivity contribution in [2.75, 3.05) is 10.6 Å². The van der Waals surface area contributed by atoms with Crippen LogP contribution in [0.3, 0.4) is 0 Å². The molecule has 0 aliphatic carbocycles. The molecule has 3 N–H and O–H groups in total. The van der Waals surface area contributed by atoms with Crippen LogP contribution in [-0.4, -0.2) is 21.0 Å². The number of rotatable bonds is 5. The van der Waals surface area contributed by atoms with E-state index in [-0.39, 0.29) is 0 Å². The summed E-state index contributed by atoms with van der Waals surface area (Å²) in [5.41, 5.74) is 5.02. The molecule has 30 heavy (non-hydrogen) atoms. The number of para-hydroxylation sites is 1. The van der Waals surface area contributed by atoms with Crippen LogP contribution in [0.1, 0.15) is 29.4 Å². The van der Waals surface area contributed by atoms with E-state index in [1.807, 2.05) is 68.4 Å². The highest BCUT2D eigenvalue weighted by molar-refractivity contribution is 7.80. The maximum atomic E-state index is 5.53. The summed E-state index contributed by atoms with van der Waals surface area (Å²) in [7, 11) is 0. The van der Waals surface area contributed by atoms with Gasteiger partial charge in [0.25, 0.3) is 0 Å². The molecule has 0 amide bonds. The lowest BCUT2D eigenvalue weighted by Crippen LogP contribution is -2.39. The molecule has 3 aromatic rings. The van der Waals surface area contributed by atoms with Crippen LogP contribution < -0.4 is 16.0 Å². The second-order valence-corrected chi connectivity index (χ2v) is 7.25. The normalized spacial score (nSPS) is 11.1. The molecule has 0 atom stereocenters. The Balaban J connectivity index is 1.78. The van der Waals surface area contributed by atoms with Crippen molar-refractivity contribution in [3.63, 3.8) is 0 Å². The van der Waals surface area contributed by atoms with Crippen LogP contribution in [-0.2, 0) is 13.0 Å². The minimum Gasteiger partial charge on any atom is -0.332 e. The van der Waals surface area contributed by atoms with Crippen molar-refractivity contribution in [2.24, 2.45) is 4.99 Å². The van der Waals surface area contributed by atoms with Crippen molar-refractivity contribution < 1.29 is 0 Å². The van der Waals surface area contributed by atoms with Crippen LogP contribution in [0.5, 0.6) is 0 Å². The SMILES string of the molecule is CCc1ccccc1NC(=S)NC(=NCc1ccccc1)Nc1nc(C)cc(C)n1. The summed E-state index contributed by atoms with van der Waals surface area (Å²) in [6, 6.07) is 20.0. The lowest BCUT2D eigenvalue weighted by atomic mass is 10.1. The number of aryl methyl sites for hydroxylation is 3. The zero-order valence-electron chi connectivity index (χ0n) is 17.4. The predicted octanol–water partition coefficient (Wildman–Crippen LogP) is 4.61. The first kappa shape index (κ1) is 21.4. The van der Waals surface area contributed by atoms with Crippen LogP contribution in [0.4, 0.5) is 11.6 Å². The van der Waals surface area contributed by atoms with Gasteiger partial charge in [-0.15, -0.1) is 0 Å². The molecule has 0 fully saturated rings. The highest BCUT2D eigenvalue weighted by Crippen LogP contribution is 2.15. The molecule has 3 rings (SSSR count). The zero-order valence-corrected chi connectivity index (χ0v) is 18.3. The van der Waals surface area contributed by atoms with Gasteiger partial charge < -0.3 is 10.6 Å². The Labute approximate surface area is 182 Å². The minimum atomic E-state index is 0.444. The van der Waals surface area contributed by atoms with Crippen LogP contribution in [0.25, 0.3) is 0 Å². The summed E-state index contributed by atoms with van der Waals surface area (Å²) >= 11 is 5.53. The quantitative estimate of drug-likeness (QED) is 0.319. The van der Waals surface area contributed by atoms with E-state index in [2.05, 4.69) is 43.9 Å². The molecular formula is C23H26N6S. The standard InChI is InChI=1S/C23H26N6S/c1-4-19-12-8-9-13-20(19)27-23(30)29-21(24-15-18-10-6-5-7-11-18)28-22-25-16(2)14-17(3)26-22/h5-14H,4,15H2,1-3H3,(H3,24,25,26,27,28,29,30). The summed E-state index contributed by atoms with van der Waals surface area (Å²) < 4.78 is 0. The smallest absolute Gasteiger partial charge is 0.229 e. The third kappa shape index (κ3) is 6.35. The average Bonchev–Trinajstić information content (AvgIpc) is 2.72. The number of benzene rings is 2. The monoisotopic (exact) mass is 418 g/mol. The second-order valence-electron chi connectivity index (χ2n) is 6.84.